The van der Waals surface area contributed by atoms with E-state index in [2.05, 4.69) is 20.6 Å². The number of hydrogen-bond acceptors (Lipinski definition) is 5. The second-order valence-corrected chi connectivity index (χ2v) is 6.27. The summed E-state index contributed by atoms with van der Waals surface area (Å²) in [5, 5.41) is 6.24. The molecule has 0 unspecified atom stereocenters. The van der Waals surface area contributed by atoms with E-state index in [0.29, 0.717) is 18.3 Å². The first-order valence-electron chi connectivity index (χ1n) is 8.74. The summed E-state index contributed by atoms with van der Waals surface area (Å²) in [6, 6.07) is 8.31. The van der Waals surface area contributed by atoms with Gasteiger partial charge in [0.2, 0.25) is 0 Å². The normalized spacial score (nSPS) is 14.3. The van der Waals surface area contributed by atoms with E-state index in [1.165, 1.54) is 31.9 Å². The maximum Gasteiger partial charge on any atom is 0.271 e. The molecular weight excluding hydrogens is 316 g/mol. The van der Waals surface area contributed by atoms with Crippen molar-refractivity contribution in [3.05, 3.63) is 47.9 Å². The second kappa shape index (κ2) is 8.46. The second-order valence-electron chi connectivity index (χ2n) is 6.27. The first kappa shape index (κ1) is 17.2. The molecule has 1 fully saturated rings. The fourth-order valence-corrected chi connectivity index (χ4v) is 3.04. The van der Waals surface area contributed by atoms with Gasteiger partial charge in [0, 0.05) is 12.6 Å². The van der Waals surface area contributed by atoms with Crippen LogP contribution in [0.4, 0.5) is 5.82 Å². The van der Waals surface area contributed by atoms with Crippen molar-refractivity contribution in [3.63, 3.8) is 0 Å². The summed E-state index contributed by atoms with van der Waals surface area (Å²) < 4.78 is 5.20. The van der Waals surface area contributed by atoms with Crippen molar-refractivity contribution in [1.29, 1.82) is 0 Å². The highest BCUT2D eigenvalue weighted by molar-refractivity contribution is 5.92. The Morgan fingerprint density at radius 1 is 1.24 bits per heavy atom. The lowest BCUT2D eigenvalue weighted by molar-refractivity contribution is 0.0949. The minimum absolute atomic E-state index is 0.206. The van der Waals surface area contributed by atoms with Crippen LogP contribution in [0.25, 0.3) is 0 Å². The third-order valence-electron chi connectivity index (χ3n) is 4.43. The van der Waals surface area contributed by atoms with E-state index < -0.39 is 0 Å². The van der Waals surface area contributed by atoms with E-state index in [-0.39, 0.29) is 5.91 Å². The molecule has 6 nitrogen and oxygen atoms in total. The van der Waals surface area contributed by atoms with E-state index >= 15 is 0 Å². The third-order valence-corrected chi connectivity index (χ3v) is 4.43. The molecule has 1 aliphatic rings. The number of benzene rings is 1. The van der Waals surface area contributed by atoms with Gasteiger partial charge in [-0.3, -0.25) is 4.79 Å². The number of hydrogen-bond donors (Lipinski definition) is 2. The monoisotopic (exact) mass is 340 g/mol. The van der Waals surface area contributed by atoms with Crippen molar-refractivity contribution in [1.82, 2.24) is 15.3 Å². The van der Waals surface area contributed by atoms with Gasteiger partial charge in [-0.2, -0.15) is 0 Å². The molecule has 132 valence electrons. The van der Waals surface area contributed by atoms with Crippen molar-refractivity contribution < 1.29 is 9.53 Å². The number of methoxy groups -OCH3 is 1. The third kappa shape index (κ3) is 4.92. The molecule has 0 bridgehead atoms. The summed E-state index contributed by atoms with van der Waals surface area (Å²) in [4.78, 5) is 20.7. The lowest BCUT2D eigenvalue weighted by Gasteiger charge is -2.12. The number of carbonyl (C=O) groups is 1. The highest BCUT2D eigenvalue weighted by Crippen LogP contribution is 2.20. The van der Waals surface area contributed by atoms with Gasteiger partial charge in [0.25, 0.3) is 5.91 Å². The molecule has 1 aromatic carbocycles. The number of aromatic nitrogens is 2. The summed E-state index contributed by atoms with van der Waals surface area (Å²) in [7, 11) is 1.64. The van der Waals surface area contributed by atoms with Crippen molar-refractivity contribution in [2.45, 2.75) is 38.1 Å². The van der Waals surface area contributed by atoms with E-state index in [1.807, 2.05) is 24.3 Å². The molecule has 1 amide bonds. The molecule has 1 aromatic heterocycles. The SMILES string of the molecule is COc1cccc(CCNC(=O)c2cnc(NC3CCCC3)cn2)c1. The Hall–Kier alpha value is -2.63. The zero-order chi connectivity index (χ0) is 17.5. The van der Waals surface area contributed by atoms with Gasteiger partial charge in [-0.25, -0.2) is 9.97 Å². The maximum atomic E-state index is 12.2. The minimum atomic E-state index is -0.206. The average Bonchev–Trinajstić information content (AvgIpc) is 3.15. The molecule has 3 rings (SSSR count). The number of nitrogens with zero attached hydrogens (tertiary/aromatic N) is 2. The van der Waals surface area contributed by atoms with Crippen LogP contribution >= 0.6 is 0 Å². The first-order valence-corrected chi connectivity index (χ1v) is 8.74. The Morgan fingerprint density at radius 2 is 2.08 bits per heavy atom. The van der Waals surface area contributed by atoms with Crippen molar-refractivity contribution >= 4 is 11.7 Å². The summed E-state index contributed by atoms with van der Waals surface area (Å²) in [6.45, 7) is 0.537. The topological polar surface area (TPSA) is 76.1 Å². The molecule has 0 saturated heterocycles. The van der Waals surface area contributed by atoms with Crippen LogP contribution in [0.3, 0.4) is 0 Å². The van der Waals surface area contributed by atoms with Crippen LogP contribution in [-0.2, 0) is 6.42 Å². The number of ether oxygens (including phenoxy) is 1. The molecule has 6 heteroatoms. The van der Waals surface area contributed by atoms with Crippen molar-refractivity contribution in [3.8, 4) is 5.75 Å². The largest absolute Gasteiger partial charge is 0.497 e. The maximum absolute atomic E-state index is 12.2. The van der Waals surface area contributed by atoms with Gasteiger partial charge in [-0.1, -0.05) is 25.0 Å². The van der Waals surface area contributed by atoms with Crippen LogP contribution in [0, 0.1) is 0 Å². The van der Waals surface area contributed by atoms with E-state index in [4.69, 9.17) is 4.74 Å². The predicted octanol–water partition coefficient (Wildman–Crippen LogP) is 2.81. The smallest absolute Gasteiger partial charge is 0.271 e. The minimum Gasteiger partial charge on any atom is -0.497 e. The molecule has 1 heterocycles. The predicted molar refractivity (Wildman–Crippen MR) is 96.9 cm³/mol. The van der Waals surface area contributed by atoms with E-state index in [1.54, 1.807) is 13.3 Å². The molecule has 2 aromatic rings. The Labute approximate surface area is 148 Å². The standard InChI is InChI=1S/C19H24N4O2/c1-25-16-8-4-5-14(11-16)9-10-20-19(24)17-12-22-18(13-21-17)23-15-6-2-3-7-15/h4-5,8,11-13,15H,2-3,6-7,9-10H2,1H3,(H,20,24)(H,22,23). The lowest BCUT2D eigenvalue weighted by atomic mass is 10.1. The molecule has 1 aliphatic carbocycles. The zero-order valence-corrected chi connectivity index (χ0v) is 14.5. The van der Waals surface area contributed by atoms with Gasteiger partial charge in [0.15, 0.2) is 0 Å². The van der Waals surface area contributed by atoms with Crippen molar-refractivity contribution in [2.24, 2.45) is 0 Å². The van der Waals surface area contributed by atoms with Gasteiger partial charge < -0.3 is 15.4 Å². The first-order chi connectivity index (χ1) is 12.2. The average molecular weight is 340 g/mol. The number of anilines is 1. The summed E-state index contributed by atoms with van der Waals surface area (Å²) >= 11 is 0. The van der Waals surface area contributed by atoms with E-state index in [0.717, 1.165) is 23.6 Å². The highest BCUT2D eigenvalue weighted by Gasteiger charge is 2.15. The van der Waals surface area contributed by atoms with Crippen LogP contribution in [0.5, 0.6) is 5.75 Å². The molecule has 0 atom stereocenters. The number of amides is 1. The molecule has 0 aliphatic heterocycles. The zero-order valence-electron chi connectivity index (χ0n) is 14.5. The van der Waals surface area contributed by atoms with Gasteiger partial charge in [0.1, 0.15) is 17.3 Å². The molecule has 1 saturated carbocycles. The summed E-state index contributed by atoms with van der Waals surface area (Å²) in [6.07, 6.45) is 8.77. The fraction of sp³-hybridized carbons (Fsp3) is 0.421. The Morgan fingerprint density at radius 3 is 2.80 bits per heavy atom. The van der Waals surface area contributed by atoms with E-state index in [9.17, 15) is 4.79 Å². The Balaban J connectivity index is 1.47. The Kier molecular flexibility index (Phi) is 5.82. The van der Waals surface area contributed by atoms with Crippen LogP contribution in [-0.4, -0.2) is 35.6 Å². The number of carbonyl (C=O) groups excluding carboxylic acids is 1. The van der Waals surface area contributed by atoms with Gasteiger partial charge in [-0.05, 0) is 37.0 Å². The van der Waals surface area contributed by atoms with Crippen LogP contribution in [0.1, 0.15) is 41.7 Å². The van der Waals surface area contributed by atoms with Gasteiger partial charge >= 0.3 is 0 Å². The molecule has 2 N–H and O–H groups in total. The molecular formula is C19H24N4O2. The van der Waals surface area contributed by atoms with Crippen LogP contribution < -0.4 is 15.4 Å². The summed E-state index contributed by atoms with van der Waals surface area (Å²) in [5.74, 6) is 1.35. The van der Waals surface area contributed by atoms with Crippen LogP contribution in [0.15, 0.2) is 36.7 Å². The molecule has 0 radical (unpaired) electrons. The lowest BCUT2D eigenvalue weighted by Crippen LogP contribution is -2.27. The van der Waals surface area contributed by atoms with Crippen LogP contribution in [0.2, 0.25) is 0 Å². The summed E-state index contributed by atoms with van der Waals surface area (Å²) in [5.41, 5.74) is 1.45. The highest BCUT2D eigenvalue weighted by atomic mass is 16.5. The Bertz CT molecular complexity index is 697. The quantitative estimate of drug-likeness (QED) is 0.810. The molecule has 25 heavy (non-hydrogen) atoms. The van der Waals surface area contributed by atoms with Gasteiger partial charge in [0.05, 0.1) is 19.5 Å². The molecule has 0 spiro atoms. The number of rotatable bonds is 7. The van der Waals surface area contributed by atoms with Gasteiger partial charge in [-0.15, -0.1) is 0 Å². The fourth-order valence-electron chi connectivity index (χ4n) is 3.04. The van der Waals surface area contributed by atoms with Crippen molar-refractivity contribution in [2.75, 3.05) is 19.0 Å². The number of nitrogens with one attached hydrogen (secondary N) is 2.